The molecule has 1 amide bonds. The molecule has 2 aromatic heterocycles. The predicted octanol–water partition coefficient (Wildman–Crippen LogP) is 1.65. The van der Waals surface area contributed by atoms with Crippen molar-refractivity contribution in [2.24, 2.45) is 7.05 Å². The lowest BCUT2D eigenvalue weighted by Gasteiger charge is -1.99. The Labute approximate surface area is 115 Å². The van der Waals surface area contributed by atoms with E-state index in [4.69, 9.17) is 0 Å². The van der Waals surface area contributed by atoms with Crippen LogP contribution in [0.5, 0.6) is 0 Å². The lowest BCUT2D eigenvalue weighted by molar-refractivity contribution is 0.102. The summed E-state index contributed by atoms with van der Waals surface area (Å²) < 4.78 is 1.65. The van der Waals surface area contributed by atoms with E-state index in [2.05, 4.69) is 32.9 Å². The van der Waals surface area contributed by atoms with Crippen molar-refractivity contribution in [2.75, 3.05) is 17.2 Å². The Morgan fingerprint density at radius 1 is 1.47 bits per heavy atom. The Hall–Kier alpha value is -1.96. The first-order chi connectivity index (χ1) is 9.10. The molecule has 0 spiro atoms. The standard InChI is InChI=1S/C11H16N6OS/c1-4-5-12-11-15-14-10(19-11)9(18)13-8-6-17(3)16-7(8)2/h6H,4-5H2,1-3H3,(H,12,15)(H,13,18). The monoisotopic (exact) mass is 280 g/mol. The fraction of sp³-hybridized carbons (Fsp3) is 0.455. The molecule has 8 heteroatoms. The van der Waals surface area contributed by atoms with Crippen molar-refractivity contribution in [1.29, 1.82) is 0 Å². The zero-order valence-electron chi connectivity index (χ0n) is 11.1. The second-order valence-electron chi connectivity index (χ2n) is 4.10. The summed E-state index contributed by atoms with van der Waals surface area (Å²) in [5.74, 6) is -0.266. The normalized spacial score (nSPS) is 10.5. The molecule has 0 saturated carbocycles. The molecule has 0 radical (unpaired) electrons. The van der Waals surface area contributed by atoms with Gasteiger partial charge in [0.1, 0.15) is 0 Å². The minimum absolute atomic E-state index is 0.266. The van der Waals surface area contributed by atoms with E-state index in [0.29, 0.717) is 15.8 Å². The van der Waals surface area contributed by atoms with Gasteiger partial charge in [-0.2, -0.15) is 5.10 Å². The first-order valence-electron chi connectivity index (χ1n) is 5.99. The molecular weight excluding hydrogens is 264 g/mol. The van der Waals surface area contributed by atoms with Crippen LogP contribution in [0.2, 0.25) is 0 Å². The number of carbonyl (C=O) groups excluding carboxylic acids is 1. The quantitative estimate of drug-likeness (QED) is 0.870. The fourth-order valence-corrected chi connectivity index (χ4v) is 2.18. The third-order valence-electron chi connectivity index (χ3n) is 2.41. The van der Waals surface area contributed by atoms with Gasteiger partial charge in [0, 0.05) is 19.8 Å². The Bertz CT molecular complexity index is 576. The lowest BCUT2D eigenvalue weighted by Crippen LogP contribution is -2.11. The third kappa shape index (κ3) is 3.28. The lowest BCUT2D eigenvalue weighted by atomic mass is 10.4. The number of aromatic nitrogens is 4. The van der Waals surface area contributed by atoms with Crippen LogP contribution in [0.4, 0.5) is 10.8 Å². The molecule has 102 valence electrons. The van der Waals surface area contributed by atoms with Gasteiger partial charge in [0.05, 0.1) is 11.4 Å². The summed E-state index contributed by atoms with van der Waals surface area (Å²) in [6.07, 6.45) is 2.75. The number of aryl methyl sites for hydroxylation is 2. The van der Waals surface area contributed by atoms with Crippen molar-refractivity contribution >= 4 is 28.1 Å². The van der Waals surface area contributed by atoms with Crippen molar-refractivity contribution in [3.63, 3.8) is 0 Å². The van der Waals surface area contributed by atoms with Gasteiger partial charge in [-0.3, -0.25) is 9.48 Å². The van der Waals surface area contributed by atoms with E-state index in [9.17, 15) is 4.79 Å². The highest BCUT2D eigenvalue weighted by molar-refractivity contribution is 7.17. The zero-order valence-corrected chi connectivity index (χ0v) is 11.9. The van der Waals surface area contributed by atoms with E-state index in [1.807, 2.05) is 6.92 Å². The molecule has 2 rings (SSSR count). The predicted molar refractivity (Wildman–Crippen MR) is 74.6 cm³/mol. The summed E-state index contributed by atoms with van der Waals surface area (Å²) in [6, 6.07) is 0. The molecule has 0 unspecified atom stereocenters. The Balaban J connectivity index is 2.03. The number of rotatable bonds is 5. The van der Waals surface area contributed by atoms with E-state index in [1.165, 1.54) is 11.3 Å². The maximum Gasteiger partial charge on any atom is 0.286 e. The summed E-state index contributed by atoms with van der Waals surface area (Å²) in [5, 5.41) is 18.8. The summed E-state index contributed by atoms with van der Waals surface area (Å²) in [7, 11) is 1.81. The number of carbonyl (C=O) groups is 1. The molecule has 0 fully saturated rings. The Morgan fingerprint density at radius 2 is 2.26 bits per heavy atom. The topological polar surface area (TPSA) is 84.7 Å². The molecule has 0 aliphatic carbocycles. The third-order valence-corrected chi connectivity index (χ3v) is 3.29. The van der Waals surface area contributed by atoms with Gasteiger partial charge in [0.2, 0.25) is 10.1 Å². The van der Waals surface area contributed by atoms with Crippen LogP contribution in [0.1, 0.15) is 28.8 Å². The van der Waals surface area contributed by atoms with Gasteiger partial charge in [0.25, 0.3) is 5.91 Å². The van der Waals surface area contributed by atoms with Crippen molar-refractivity contribution in [1.82, 2.24) is 20.0 Å². The van der Waals surface area contributed by atoms with Gasteiger partial charge in [-0.25, -0.2) is 0 Å². The second kappa shape index (κ2) is 5.79. The minimum atomic E-state index is -0.266. The van der Waals surface area contributed by atoms with Crippen LogP contribution >= 0.6 is 11.3 Å². The fourth-order valence-electron chi connectivity index (χ4n) is 1.52. The average Bonchev–Trinajstić information content (AvgIpc) is 2.94. The van der Waals surface area contributed by atoms with Gasteiger partial charge in [-0.1, -0.05) is 18.3 Å². The molecule has 19 heavy (non-hydrogen) atoms. The minimum Gasteiger partial charge on any atom is -0.360 e. The molecular formula is C11H16N6OS. The highest BCUT2D eigenvalue weighted by atomic mass is 32.1. The molecule has 2 N–H and O–H groups in total. The molecule has 2 heterocycles. The van der Waals surface area contributed by atoms with Crippen LogP contribution in [0.25, 0.3) is 0 Å². The van der Waals surface area contributed by atoms with Crippen LogP contribution in [0, 0.1) is 6.92 Å². The zero-order chi connectivity index (χ0) is 13.8. The molecule has 0 bridgehead atoms. The van der Waals surface area contributed by atoms with Gasteiger partial charge in [-0.15, -0.1) is 10.2 Å². The number of hydrogen-bond acceptors (Lipinski definition) is 6. The summed E-state index contributed by atoms with van der Waals surface area (Å²) in [5.41, 5.74) is 1.45. The van der Waals surface area contributed by atoms with Crippen molar-refractivity contribution in [2.45, 2.75) is 20.3 Å². The van der Waals surface area contributed by atoms with E-state index >= 15 is 0 Å². The van der Waals surface area contributed by atoms with Crippen molar-refractivity contribution < 1.29 is 4.79 Å². The number of nitrogens with one attached hydrogen (secondary N) is 2. The molecule has 0 aliphatic rings. The highest BCUT2D eigenvalue weighted by Gasteiger charge is 2.14. The molecule has 0 aromatic carbocycles. The number of nitrogens with zero attached hydrogens (tertiary/aromatic N) is 4. The van der Waals surface area contributed by atoms with Gasteiger partial charge < -0.3 is 10.6 Å². The first-order valence-corrected chi connectivity index (χ1v) is 6.80. The molecule has 2 aromatic rings. The maximum absolute atomic E-state index is 12.0. The number of amides is 1. The molecule has 0 aliphatic heterocycles. The molecule has 0 atom stereocenters. The van der Waals surface area contributed by atoms with E-state index in [0.717, 1.165) is 18.7 Å². The van der Waals surface area contributed by atoms with E-state index in [-0.39, 0.29) is 5.91 Å². The largest absolute Gasteiger partial charge is 0.360 e. The van der Waals surface area contributed by atoms with Crippen LogP contribution in [0.15, 0.2) is 6.20 Å². The summed E-state index contributed by atoms with van der Waals surface area (Å²) in [4.78, 5) is 12.0. The Morgan fingerprint density at radius 3 is 2.89 bits per heavy atom. The average molecular weight is 280 g/mol. The van der Waals surface area contributed by atoms with Crippen LogP contribution < -0.4 is 10.6 Å². The molecule has 7 nitrogen and oxygen atoms in total. The van der Waals surface area contributed by atoms with Gasteiger partial charge in [-0.05, 0) is 13.3 Å². The first kappa shape index (κ1) is 13.5. The van der Waals surface area contributed by atoms with E-state index < -0.39 is 0 Å². The Kier molecular flexibility index (Phi) is 4.10. The number of hydrogen-bond donors (Lipinski definition) is 2. The maximum atomic E-state index is 12.0. The van der Waals surface area contributed by atoms with Crippen LogP contribution in [0.3, 0.4) is 0 Å². The summed E-state index contributed by atoms with van der Waals surface area (Å²) in [6.45, 7) is 4.72. The van der Waals surface area contributed by atoms with Gasteiger partial charge in [0.15, 0.2) is 0 Å². The van der Waals surface area contributed by atoms with E-state index in [1.54, 1.807) is 17.9 Å². The van der Waals surface area contributed by atoms with Crippen molar-refractivity contribution in [3.05, 3.63) is 16.9 Å². The van der Waals surface area contributed by atoms with Gasteiger partial charge >= 0.3 is 0 Å². The smallest absolute Gasteiger partial charge is 0.286 e. The van der Waals surface area contributed by atoms with Crippen molar-refractivity contribution in [3.8, 4) is 0 Å². The molecule has 0 saturated heterocycles. The SMILES string of the molecule is CCCNc1nnc(C(=O)Nc2cn(C)nc2C)s1. The number of anilines is 2. The van der Waals surface area contributed by atoms with Crippen LogP contribution in [-0.2, 0) is 7.05 Å². The van der Waals surface area contributed by atoms with Crippen LogP contribution in [-0.4, -0.2) is 32.4 Å². The second-order valence-corrected chi connectivity index (χ2v) is 5.07. The highest BCUT2D eigenvalue weighted by Crippen LogP contribution is 2.18. The summed E-state index contributed by atoms with van der Waals surface area (Å²) >= 11 is 1.24.